The summed E-state index contributed by atoms with van der Waals surface area (Å²) >= 11 is 1.25. The van der Waals surface area contributed by atoms with Crippen molar-refractivity contribution in [2.24, 2.45) is 5.92 Å². The number of aromatic nitrogens is 4. The highest BCUT2D eigenvalue weighted by Gasteiger charge is 2.42. The van der Waals surface area contributed by atoms with E-state index in [-0.39, 0.29) is 17.6 Å². The van der Waals surface area contributed by atoms with Crippen molar-refractivity contribution in [2.75, 3.05) is 5.75 Å². The molecule has 124 valence electrons. The third-order valence-electron chi connectivity index (χ3n) is 4.08. The van der Waals surface area contributed by atoms with E-state index in [1.54, 1.807) is 11.6 Å². The number of carbonyl (C=O) groups excluding carboxylic acids is 1. The molecule has 3 rings (SSSR count). The van der Waals surface area contributed by atoms with Gasteiger partial charge in [-0.15, -0.1) is 5.10 Å². The molecule has 1 aromatic carbocycles. The van der Waals surface area contributed by atoms with Gasteiger partial charge < -0.3 is 5.32 Å². The van der Waals surface area contributed by atoms with Crippen LogP contribution in [-0.2, 0) is 4.79 Å². The molecule has 0 radical (unpaired) electrons. The summed E-state index contributed by atoms with van der Waals surface area (Å²) in [4.78, 5) is 12.2. The molecule has 7 nitrogen and oxygen atoms in total. The minimum absolute atomic E-state index is 0.163. The van der Waals surface area contributed by atoms with Crippen molar-refractivity contribution < 1.29 is 4.79 Å². The molecule has 24 heavy (non-hydrogen) atoms. The van der Waals surface area contributed by atoms with Crippen LogP contribution in [0.2, 0.25) is 0 Å². The van der Waals surface area contributed by atoms with Gasteiger partial charge in [0.15, 0.2) is 0 Å². The second kappa shape index (κ2) is 6.61. The molecule has 0 bridgehead atoms. The maximum Gasteiger partial charge on any atom is 0.231 e. The Labute approximate surface area is 144 Å². The number of nitrogens with one attached hydrogen (secondary N) is 1. The molecule has 1 amide bonds. The van der Waals surface area contributed by atoms with Gasteiger partial charge in [-0.1, -0.05) is 29.5 Å². The second-order valence-corrected chi connectivity index (χ2v) is 7.08. The molecule has 1 atom stereocenters. The molecule has 0 spiro atoms. The number of hydrogen-bond donors (Lipinski definition) is 1. The summed E-state index contributed by atoms with van der Waals surface area (Å²) in [6, 6.07) is 10.0. The third-order valence-corrected chi connectivity index (χ3v) is 5.00. The molecular weight excluding hydrogens is 324 g/mol. The lowest BCUT2D eigenvalue weighted by Crippen LogP contribution is -2.47. The summed E-state index contributed by atoms with van der Waals surface area (Å²) in [5.41, 5.74) is 1.21. The van der Waals surface area contributed by atoms with E-state index in [1.165, 1.54) is 11.8 Å². The molecule has 1 aromatic heterocycles. The Kier molecular flexibility index (Phi) is 4.53. The Morgan fingerprint density at radius 2 is 2.17 bits per heavy atom. The van der Waals surface area contributed by atoms with Gasteiger partial charge >= 0.3 is 0 Å². The zero-order valence-corrected chi connectivity index (χ0v) is 14.4. The molecule has 2 aromatic rings. The number of hydrogen-bond acceptors (Lipinski definition) is 6. The number of aryl methyl sites for hydroxylation is 1. The van der Waals surface area contributed by atoms with Crippen LogP contribution in [0.15, 0.2) is 29.4 Å². The lowest BCUT2D eigenvalue weighted by molar-refractivity contribution is -0.119. The monoisotopic (exact) mass is 342 g/mol. The summed E-state index contributed by atoms with van der Waals surface area (Å²) in [6.45, 7) is 3.79. The SMILES string of the molecule is Cc1ccc(-n2nnnc2SCC(=O)N[C@](C)(C#N)C2CC2)cc1. The normalized spacial score (nSPS) is 16.2. The van der Waals surface area contributed by atoms with Gasteiger partial charge in [-0.05, 0) is 55.2 Å². The zero-order chi connectivity index (χ0) is 17.2. The number of tetrazole rings is 1. The molecule has 0 saturated heterocycles. The van der Waals surface area contributed by atoms with Gasteiger partial charge in [0.05, 0.1) is 17.5 Å². The highest BCUT2D eigenvalue weighted by Crippen LogP contribution is 2.39. The van der Waals surface area contributed by atoms with Gasteiger partial charge in [0.2, 0.25) is 11.1 Å². The first-order chi connectivity index (χ1) is 11.5. The van der Waals surface area contributed by atoms with E-state index in [0.29, 0.717) is 5.16 Å². The number of thioether (sulfide) groups is 1. The number of carbonyl (C=O) groups is 1. The molecular formula is C16H18N6OS. The number of rotatable bonds is 6. The lowest BCUT2D eigenvalue weighted by atomic mass is 9.98. The summed E-state index contributed by atoms with van der Waals surface area (Å²) in [7, 11) is 0. The zero-order valence-electron chi connectivity index (χ0n) is 13.6. The largest absolute Gasteiger partial charge is 0.337 e. The predicted molar refractivity (Wildman–Crippen MR) is 89.5 cm³/mol. The Balaban J connectivity index is 1.63. The van der Waals surface area contributed by atoms with Crippen LogP contribution < -0.4 is 5.32 Å². The van der Waals surface area contributed by atoms with Crippen LogP contribution >= 0.6 is 11.8 Å². The van der Waals surface area contributed by atoms with E-state index in [2.05, 4.69) is 26.9 Å². The first kappa shape index (κ1) is 16.5. The van der Waals surface area contributed by atoms with E-state index < -0.39 is 5.54 Å². The quantitative estimate of drug-likeness (QED) is 0.805. The smallest absolute Gasteiger partial charge is 0.231 e. The molecule has 1 saturated carbocycles. The van der Waals surface area contributed by atoms with Gasteiger partial charge in [-0.3, -0.25) is 4.79 Å². The van der Waals surface area contributed by atoms with Crippen LogP contribution in [-0.4, -0.2) is 37.4 Å². The van der Waals surface area contributed by atoms with E-state index in [9.17, 15) is 10.1 Å². The molecule has 1 aliphatic carbocycles. The van der Waals surface area contributed by atoms with Gasteiger partial charge in [0.25, 0.3) is 0 Å². The van der Waals surface area contributed by atoms with E-state index in [4.69, 9.17) is 0 Å². The Morgan fingerprint density at radius 1 is 1.46 bits per heavy atom. The maximum atomic E-state index is 12.2. The van der Waals surface area contributed by atoms with Crippen molar-refractivity contribution in [1.29, 1.82) is 5.26 Å². The van der Waals surface area contributed by atoms with Crippen molar-refractivity contribution in [2.45, 2.75) is 37.4 Å². The molecule has 0 unspecified atom stereocenters. The predicted octanol–water partition coefficient (Wildman–Crippen LogP) is 1.87. The van der Waals surface area contributed by atoms with E-state index >= 15 is 0 Å². The Bertz CT molecular complexity index is 777. The first-order valence-corrected chi connectivity index (χ1v) is 8.71. The average molecular weight is 342 g/mol. The Hall–Kier alpha value is -2.40. The maximum absolute atomic E-state index is 12.2. The topological polar surface area (TPSA) is 96.5 Å². The van der Waals surface area contributed by atoms with Crippen molar-refractivity contribution in [1.82, 2.24) is 25.5 Å². The van der Waals surface area contributed by atoms with Crippen LogP contribution in [0, 0.1) is 24.2 Å². The number of nitrogens with zero attached hydrogens (tertiary/aromatic N) is 5. The molecule has 1 heterocycles. The number of benzene rings is 1. The van der Waals surface area contributed by atoms with Crippen LogP contribution in [0.3, 0.4) is 0 Å². The molecule has 0 aliphatic heterocycles. The first-order valence-electron chi connectivity index (χ1n) is 7.72. The van der Waals surface area contributed by atoms with Gasteiger partial charge in [-0.25, -0.2) is 0 Å². The van der Waals surface area contributed by atoms with Crippen LogP contribution in [0.25, 0.3) is 5.69 Å². The number of nitriles is 1. The van der Waals surface area contributed by atoms with Crippen molar-refractivity contribution in [3.8, 4) is 11.8 Å². The summed E-state index contributed by atoms with van der Waals surface area (Å²) < 4.78 is 1.60. The molecule has 1 fully saturated rings. The molecule has 8 heteroatoms. The van der Waals surface area contributed by atoms with Crippen molar-refractivity contribution >= 4 is 17.7 Å². The fourth-order valence-corrected chi connectivity index (χ4v) is 3.15. The van der Waals surface area contributed by atoms with Crippen molar-refractivity contribution in [3.05, 3.63) is 29.8 Å². The fourth-order valence-electron chi connectivity index (χ4n) is 2.45. The highest BCUT2D eigenvalue weighted by molar-refractivity contribution is 7.99. The van der Waals surface area contributed by atoms with E-state index in [0.717, 1.165) is 24.1 Å². The standard InChI is InChI=1S/C16H18N6OS/c1-11-3-7-13(8-4-11)22-15(19-20-21-22)24-9-14(23)18-16(2,10-17)12-5-6-12/h3-4,7-8,12H,5-6,9H2,1-2H3,(H,18,23)/t16-/m1/s1. The highest BCUT2D eigenvalue weighted by atomic mass is 32.2. The minimum atomic E-state index is -0.777. The lowest BCUT2D eigenvalue weighted by Gasteiger charge is -2.22. The summed E-state index contributed by atoms with van der Waals surface area (Å²) in [5, 5.41) is 24.3. The minimum Gasteiger partial charge on any atom is -0.337 e. The van der Waals surface area contributed by atoms with Gasteiger partial charge in [0, 0.05) is 0 Å². The molecule has 1 N–H and O–H groups in total. The third kappa shape index (κ3) is 3.57. The number of amides is 1. The van der Waals surface area contributed by atoms with Crippen molar-refractivity contribution in [3.63, 3.8) is 0 Å². The van der Waals surface area contributed by atoms with Gasteiger partial charge in [-0.2, -0.15) is 9.94 Å². The second-order valence-electron chi connectivity index (χ2n) is 6.13. The van der Waals surface area contributed by atoms with Crippen LogP contribution in [0.1, 0.15) is 25.3 Å². The average Bonchev–Trinajstić information content (AvgIpc) is 3.33. The summed E-state index contributed by atoms with van der Waals surface area (Å²) in [6.07, 6.45) is 1.98. The van der Waals surface area contributed by atoms with Gasteiger partial charge in [0.1, 0.15) is 5.54 Å². The fraction of sp³-hybridized carbons (Fsp3) is 0.438. The van der Waals surface area contributed by atoms with Crippen LogP contribution in [0.5, 0.6) is 0 Å². The van der Waals surface area contributed by atoms with Crippen LogP contribution in [0.4, 0.5) is 0 Å². The van der Waals surface area contributed by atoms with E-state index in [1.807, 2.05) is 31.2 Å². The molecule has 1 aliphatic rings. The Morgan fingerprint density at radius 3 is 2.79 bits per heavy atom. The summed E-state index contributed by atoms with van der Waals surface area (Å²) in [5.74, 6) is 0.236.